The summed E-state index contributed by atoms with van der Waals surface area (Å²) >= 11 is 0. The summed E-state index contributed by atoms with van der Waals surface area (Å²) in [5.41, 5.74) is 7.72. The molecule has 0 bridgehead atoms. The Morgan fingerprint density at radius 2 is 2.14 bits per heavy atom. The van der Waals surface area contributed by atoms with Crippen molar-refractivity contribution in [3.05, 3.63) is 29.3 Å². The van der Waals surface area contributed by atoms with Gasteiger partial charge in [-0.2, -0.15) is 0 Å². The highest BCUT2D eigenvalue weighted by Crippen LogP contribution is 2.25. The van der Waals surface area contributed by atoms with Crippen LogP contribution in [-0.2, 0) is 9.53 Å². The number of benzene rings is 1. The van der Waals surface area contributed by atoms with Crippen molar-refractivity contribution >= 4 is 17.6 Å². The Labute approximate surface area is 125 Å². The molecule has 1 aromatic rings. The molecule has 1 atom stereocenters. The van der Waals surface area contributed by atoms with Gasteiger partial charge in [-0.3, -0.25) is 4.79 Å². The SMILES string of the molecule is CCOC(=O)C1CCCCN1C(=O)c1c(C)cccc1N. The molecule has 21 heavy (non-hydrogen) atoms. The molecule has 2 N–H and O–H groups in total. The van der Waals surface area contributed by atoms with Gasteiger partial charge in [0.05, 0.1) is 12.2 Å². The third-order valence-electron chi connectivity index (χ3n) is 3.84. The first-order chi connectivity index (χ1) is 10.1. The molecule has 1 saturated heterocycles. The zero-order chi connectivity index (χ0) is 15.4. The van der Waals surface area contributed by atoms with Crippen LogP contribution in [0.5, 0.6) is 0 Å². The number of carbonyl (C=O) groups is 2. The number of nitrogens with two attached hydrogens (primary N) is 1. The van der Waals surface area contributed by atoms with Gasteiger partial charge < -0.3 is 15.4 Å². The average Bonchev–Trinajstić information content (AvgIpc) is 2.47. The lowest BCUT2D eigenvalue weighted by Gasteiger charge is -2.34. The van der Waals surface area contributed by atoms with Gasteiger partial charge >= 0.3 is 5.97 Å². The van der Waals surface area contributed by atoms with Gasteiger partial charge in [-0.25, -0.2) is 4.79 Å². The highest BCUT2D eigenvalue weighted by Gasteiger charge is 2.34. The summed E-state index contributed by atoms with van der Waals surface area (Å²) < 4.78 is 5.09. The molecule has 114 valence electrons. The maximum atomic E-state index is 12.8. The van der Waals surface area contributed by atoms with Crippen LogP contribution < -0.4 is 5.73 Å². The number of ether oxygens (including phenoxy) is 1. The lowest BCUT2D eigenvalue weighted by molar-refractivity contribution is -0.149. The van der Waals surface area contributed by atoms with Crippen LogP contribution in [0.4, 0.5) is 5.69 Å². The van der Waals surface area contributed by atoms with Crippen LogP contribution in [0.15, 0.2) is 18.2 Å². The second-order valence-electron chi connectivity index (χ2n) is 5.30. The summed E-state index contributed by atoms with van der Waals surface area (Å²) in [4.78, 5) is 26.5. The Balaban J connectivity index is 2.29. The van der Waals surface area contributed by atoms with Gasteiger partial charge in [-0.15, -0.1) is 0 Å². The fourth-order valence-electron chi connectivity index (χ4n) is 2.78. The van der Waals surface area contributed by atoms with Crippen molar-refractivity contribution in [2.75, 3.05) is 18.9 Å². The minimum Gasteiger partial charge on any atom is -0.464 e. The molecule has 0 saturated carbocycles. The van der Waals surface area contributed by atoms with E-state index < -0.39 is 6.04 Å². The normalized spacial score (nSPS) is 18.4. The molecule has 1 fully saturated rings. The summed E-state index contributed by atoms with van der Waals surface area (Å²) in [7, 11) is 0. The van der Waals surface area contributed by atoms with Gasteiger partial charge in [0.15, 0.2) is 0 Å². The van der Waals surface area contributed by atoms with Crippen molar-refractivity contribution in [1.82, 2.24) is 4.90 Å². The summed E-state index contributed by atoms with van der Waals surface area (Å²) in [6.07, 6.45) is 2.47. The summed E-state index contributed by atoms with van der Waals surface area (Å²) in [5.74, 6) is -0.499. The van der Waals surface area contributed by atoms with E-state index in [9.17, 15) is 9.59 Å². The van der Waals surface area contributed by atoms with E-state index >= 15 is 0 Å². The van der Waals surface area contributed by atoms with Crippen LogP contribution in [0.2, 0.25) is 0 Å². The molecule has 1 aliphatic heterocycles. The quantitative estimate of drug-likeness (QED) is 0.683. The fraction of sp³-hybridized carbons (Fsp3) is 0.500. The lowest BCUT2D eigenvalue weighted by atomic mass is 9.98. The van der Waals surface area contributed by atoms with E-state index in [-0.39, 0.29) is 11.9 Å². The number of anilines is 1. The number of rotatable bonds is 3. The largest absolute Gasteiger partial charge is 0.464 e. The van der Waals surface area contributed by atoms with E-state index in [2.05, 4.69) is 0 Å². The molecule has 0 spiro atoms. The van der Waals surface area contributed by atoms with Gasteiger partial charge in [-0.05, 0) is 44.7 Å². The molecule has 1 heterocycles. The van der Waals surface area contributed by atoms with Crippen LogP contribution in [0.25, 0.3) is 0 Å². The molecule has 1 aromatic carbocycles. The smallest absolute Gasteiger partial charge is 0.328 e. The van der Waals surface area contributed by atoms with Crippen LogP contribution >= 0.6 is 0 Å². The highest BCUT2D eigenvalue weighted by molar-refractivity contribution is 6.02. The number of piperidine rings is 1. The lowest BCUT2D eigenvalue weighted by Crippen LogP contribution is -2.49. The van der Waals surface area contributed by atoms with E-state index in [1.165, 1.54) is 0 Å². The number of nitrogen functional groups attached to an aromatic ring is 1. The van der Waals surface area contributed by atoms with Crippen LogP contribution in [0.3, 0.4) is 0 Å². The average molecular weight is 290 g/mol. The summed E-state index contributed by atoms with van der Waals surface area (Å²) in [6.45, 7) is 4.51. The molecule has 0 aromatic heterocycles. The third kappa shape index (κ3) is 3.17. The number of esters is 1. The number of amides is 1. The van der Waals surface area contributed by atoms with Gasteiger partial charge in [0.2, 0.25) is 0 Å². The Morgan fingerprint density at radius 3 is 2.81 bits per heavy atom. The number of likely N-dealkylation sites (tertiary alicyclic amines) is 1. The monoisotopic (exact) mass is 290 g/mol. The van der Waals surface area contributed by atoms with Gasteiger partial charge in [0.1, 0.15) is 6.04 Å². The Bertz CT molecular complexity index is 522. The van der Waals surface area contributed by atoms with Crippen LogP contribution in [0.1, 0.15) is 42.1 Å². The first-order valence-corrected chi connectivity index (χ1v) is 7.39. The van der Waals surface area contributed by atoms with E-state index in [0.717, 1.165) is 18.4 Å². The van der Waals surface area contributed by atoms with Crippen LogP contribution in [0, 0.1) is 6.92 Å². The van der Waals surface area contributed by atoms with Crippen molar-refractivity contribution in [3.63, 3.8) is 0 Å². The van der Waals surface area contributed by atoms with Gasteiger partial charge in [0.25, 0.3) is 5.91 Å². The molecule has 0 aliphatic carbocycles. The Morgan fingerprint density at radius 1 is 1.38 bits per heavy atom. The molecule has 1 amide bonds. The van der Waals surface area contributed by atoms with Crippen molar-refractivity contribution in [1.29, 1.82) is 0 Å². The van der Waals surface area contributed by atoms with Crippen molar-refractivity contribution in [3.8, 4) is 0 Å². The minimum atomic E-state index is -0.495. The molecule has 2 rings (SSSR count). The topological polar surface area (TPSA) is 72.6 Å². The molecule has 5 heteroatoms. The predicted octanol–water partition coefficient (Wildman–Crippen LogP) is 2.14. The van der Waals surface area contributed by atoms with Crippen molar-refractivity contribution in [2.45, 2.75) is 39.2 Å². The molecular weight excluding hydrogens is 268 g/mol. The van der Waals surface area contributed by atoms with Crippen molar-refractivity contribution < 1.29 is 14.3 Å². The van der Waals surface area contributed by atoms with Crippen molar-refractivity contribution in [2.24, 2.45) is 0 Å². The second-order valence-corrected chi connectivity index (χ2v) is 5.30. The Hall–Kier alpha value is -2.04. The summed E-state index contributed by atoms with van der Waals surface area (Å²) in [5, 5.41) is 0. The molecule has 1 unspecified atom stereocenters. The molecule has 5 nitrogen and oxygen atoms in total. The highest BCUT2D eigenvalue weighted by atomic mass is 16.5. The van der Waals surface area contributed by atoms with E-state index in [1.54, 1.807) is 17.9 Å². The predicted molar refractivity (Wildman–Crippen MR) is 80.9 cm³/mol. The van der Waals surface area contributed by atoms with Crippen LogP contribution in [-0.4, -0.2) is 36.0 Å². The van der Waals surface area contributed by atoms with E-state index in [0.29, 0.717) is 30.8 Å². The van der Waals surface area contributed by atoms with E-state index in [4.69, 9.17) is 10.5 Å². The number of carbonyl (C=O) groups excluding carboxylic acids is 2. The van der Waals surface area contributed by atoms with E-state index in [1.807, 2.05) is 19.1 Å². The number of aryl methyl sites for hydroxylation is 1. The van der Waals surface area contributed by atoms with Gasteiger partial charge in [0, 0.05) is 12.2 Å². The summed E-state index contributed by atoms with van der Waals surface area (Å²) in [6, 6.07) is 4.89. The standard InChI is InChI=1S/C16H22N2O3/c1-3-21-16(20)13-9-4-5-10-18(13)15(19)14-11(2)7-6-8-12(14)17/h6-8,13H,3-5,9-10,17H2,1-2H3. The fourth-order valence-corrected chi connectivity index (χ4v) is 2.78. The second kappa shape index (κ2) is 6.61. The maximum Gasteiger partial charge on any atom is 0.328 e. The first kappa shape index (κ1) is 15.4. The Kier molecular flexibility index (Phi) is 4.83. The molecular formula is C16H22N2O3. The zero-order valence-corrected chi connectivity index (χ0v) is 12.6. The maximum absolute atomic E-state index is 12.8. The number of nitrogens with zero attached hydrogens (tertiary/aromatic N) is 1. The number of hydrogen-bond acceptors (Lipinski definition) is 4. The number of hydrogen-bond donors (Lipinski definition) is 1. The van der Waals surface area contributed by atoms with Gasteiger partial charge in [-0.1, -0.05) is 12.1 Å². The third-order valence-corrected chi connectivity index (χ3v) is 3.84. The first-order valence-electron chi connectivity index (χ1n) is 7.39. The molecule has 0 radical (unpaired) electrons. The molecule has 1 aliphatic rings. The zero-order valence-electron chi connectivity index (χ0n) is 12.6. The minimum absolute atomic E-state index is 0.177.